The van der Waals surface area contributed by atoms with Crippen molar-refractivity contribution >= 4 is 38.5 Å². The molecule has 1 aliphatic heterocycles. The molecule has 0 atom stereocenters. The smallest absolute Gasteiger partial charge is 0.273 e. The van der Waals surface area contributed by atoms with Crippen LogP contribution in [0.1, 0.15) is 10.5 Å². The predicted molar refractivity (Wildman–Crippen MR) is 114 cm³/mol. The van der Waals surface area contributed by atoms with Crippen LogP contribution >= 0.6 is 11.3 Å². The van der Waals surface area contributed by atoms with Crippen molar-refractivity contribution in [3.63, 3.8) is 0 Å². The van der Waals surface area contributed by atoms with Crippen LogP contribution in [0.2, 0.25) is 0 Å². The van der Waals surface area contributed by atoms with Crippen molar-refractivity contribution in [2.24, 2.45) is 0 Å². The molecule has 9 nitrogen and oxygen atoms in total. The molecular formula is C21H16N4O5S. The Kier molecular flexibility index (Phi) is 4.97. The zero-order chi connectivity index (χ0) is 21.2. The number of carbonyl (C=O) groups excluding carboxylic acids is 2. The average molecular weight is 436 g/mol. The first-order valence-electron chi connectivity index (χ1n) is 9.46. The lowest BCUT2D eigenvalue weighted by molar-refractivity contribution is -0.115. The van der Waals surface area contributed by atoms with Gasteiger partial charge in [-0.05, 0) is 0 Å². The van der Waals surface area contributed by atoms with Crippen LogP contribution < -0.4 is 20.1 Å². The number of amides is 2. The Labute approximate surface area is 180 Å². The van der Waals surface area contributed by atoms with E-state index < -0.39 is 11.8 Å². The minimum Gasteiger partial charge on any atom is -0.486 e. The van der Waals surface area contributed by atoms with Crippen LogP contribution in [0.25, 0.3) is 21.5 Å². The number of rotatable bonds is 5. The molecule has 0 saturated heterocycles. The highest BCUT2D eigenvalue weighted by atomic mass is 32.1. The van der Waals surface area contributed by atoms with Crippen molar-refractivity contribution in [1.82, 2.24) is 15.5 Å². The van der Waals surface area contributed by atoms with Crippen LogP contribution in [0.15, 0.2) is 53.1 Å². The van der Waals surface area contributed by atoms with Gasteiger partial charge in [-0.25, -0.2) is 4.98 Å². The van der Waals surface area contributed by atoms with E-state index in [1.54, 1.807) is 6.07 Å². The summed E-state index contributed by atoms with van der Waals surface area (Å²) in [5.74, 6) is 0.857. The summed E-state index contributed by atoms with van der Waals surface area (Å²) < 4.78 is 17.2. The molecule has 10 heteroatoms. The number of hydrogen-bond donors (Lipinski definition) is 2. The monoisotopic (exact) mass is 436 g/mol. The number of carbonyl (C=O) groups is 2. The number of thiazole rings is 1. The molecule has 0 fully saturated rings. The summed E-state index contributed by atoms with van der Waals surface area (Å²) in [6.07, 6.45) is 0. The van der Waals surface area contributed by atoms with Gasteiger partial charge in [0.15, 0.2) is 28.1 Å². The largest absolute Gasteiger partial charge is 0.486 e. The van der Waals surface area contributed by atoms with Gasteiger partial charge in [0.25, 0.3) is 5.91 Å². The molecule has 156 valence electrons. The molecule has 2 amide bonds. The van der Waals surface area contributed by atoms with Gasteiger partial charge in [0, 0.05) is 23.8 Å². The summed E-state index contributed by atoms with van der Waals surface area (Å²) in [5, 5.41) is 9.40. The topological polar surface area (TPSA) is 116 Å². The number of benzene rings is 2. The van der Waals surface area contributed by atoms with Gasteiger partial charge in [-0.3, -0.25) is 9.59 Å². The molecule has 4 aromatic rings. The number of hydrogen-bond acceptors (Lipinski definition) is 8. The molecule has 2 aromatic heterocycles. The zero-order valence-electron chi connectivity index (χ0n) is 16.1. The Morgan fingerprint density at radius 2 is 1.81 bits per heavy atom. The van der Waals surface area contributed by atoms with E-state index in [9.17, 15) is 9.59 Å². The highest BCUT2D eigenvalue weighted by Gasteiger charge is 2.17. The number of anilines is 1. The fraction of sp³-hybridized carbons (Fsp3) is 0.143. The van der Waals surface area contributed by atoms with E-state index in [-0.39, 0.29) is 12.2 Å². The molecule has 0 aliphatic carbocycles. The second-order valence-corrected chi connectivity index (χ2v) is 7.69. The van der Waals surface area contributed by atoms with Gasteiger partial charge in [-0.1, -0.05) is 46.8 Å². The molecule has 3 heterocycles. The maximum Gasteiger partial charge on any atom is 0.273 e. The summed E-state index contributed by atoms with van der Waals surface area (Å²) in [6, 6.07) is 14.5. The van der Waals surface area contributed by atoms with Crippen LogP contribution in [0.5, 0.6) is 11.5 Å². The molecule has 0 bridgehead atoms. The molecular weight excluding hydrogens is 420 g/mol. The Morgan fingerprint density at radius 3 is 2.61 bits per heavy atom. The highest BCUT2D eigenvalue weighted by Crippen LogP contribution is 2.37. The van der Waals surface area contributed by atoms with E-state index in [2.05, 4.69) is 20.8 Å². The lowest BCUT2D eigenvalue weighted by Gasteiger charge is -2.17. The first-order valence-corrected chi connectivity index (χ1v) is 10.3. The normalized spacial score (nSPS) is 12.5. The number of fused-ring (bicyclic) bond motifs is 2. The molecule has 0 spiro atoms. The first-order chi connectivity index (χ1) is 15.2. The van der Waals surface area contributed by atoms with Gasteiger partial charge in [0.05, 0.1) is 16.8 Å². The minimum absolute atomic E-state index is 0.0946. The van der Waals surface area contributed by atoms with Crippen molar-refractivity contribution in [1.29, 1.82) is 0 Å². The van der Waals surface area contributed by atoms with Gasteiger partial charge in [-0.15, -0.1) is 0 Å². The third-order valence-electron chi connectivity index (χ3n) is 4.51. The molecule has 0 unspecified atom stereocenters. The molecule has 1 aliphatic rings. The SMILES string of the molecule is O=C(CNC(=O)c1cc(-c2ccccc2)on1)Nc1nc2cc3c(cc2s1)OCCO3. The summed E-state index contributed by atoms with van der Waals surface area (Å²) in [5.41, 5.74) is 1.60. The summed E-state index contributed by atoms with van der Waals surface area (Å²) in [7, 11) is 0. The lowest BCUT2D eigenvalue weighted by atomic mass is 10.1. The van der Waals surface area contributed by atoms with Gasteiger partial charge in [-0.2, -0.15) is 0 Å². The van der Waals surface area contributed by atoms with Crippen LogP contribution in [0.4, 0.5) is 5.13 Å². The van der Waals surface area contributed by atoms with E-state index in [0.717, 1.165) is 10.3 Å². The Hall–Kier alpha value is -3.92. The molecule has 0 saturated carbocycles. The maximum atomic E-state index is 12.3. The third-order valence-corrected chi connectivity index (χ3v) is 5.44. The Morgan fingerprint density at radius 1 is 1.03 bits per heavy atom. The van der Waals surface area contributed by atoms with Gasteiger partial charge in [0.1, 0.15) is 13.2 Å². The molecule has 5 rings (SSSR count). The van der Waals surface area contributed by atoms with E-state index in [4.69, 9.17) is 14.0 Å². The quantitative estimate of drug-likeness (QED) is 0.494. The van der Waals surface area contributed by atoms with Crippen LogP contribution in [0, 0.1) is 0 Å². The Balaban J connectivity index is 1.20. The molecule has 0 radical (unpaired) electrons. The highest BCUT2D eigenvalue weighted by molar-refractivity contribution is 7.22. The van der Waals surface area contributed by atoms with Crippen LogP contribution in [0.3, 0.4) is 0 Å². The van der Waals surface area contributed by atoms with Gasteiger partial charge in [0.2, 0.25) is 5.91 Å². The fourth-order valence-corrected chi connectivity index (χ4v) is 3.95. The summed E-state index contributed by atoms with van der Waals surface area (Å²) in [6.45, 7) is 0.758. The molecule has 31 heavy (non-hydrogen) atoms. The summed E-state index contributed by atoms with van der Waals surface area (Å²) in [4.78, 5) is 28.9. The fourth-order valence-electron chi connectivity index (χ4n) is 3.05. The van der Waals surface area contributed by atoms with E-state index in [1.807, 2.05) is 36.4 Å². The lowest BCUT2D eigenvalue weighted by Crippen LogP contribution is -2.32. The molecule has 2 N–H and O–H groups in total. The van der Waals surface area contributed by atoms with E-state index in [1.165, 1.54) is 17.4 Å². The van der Waals surface area contributed by atoms with Gasteiger partial charge >= 0.3 is 0 Å². The van der Waals surface area contributed by atoms with Crippen molar-refractivity contribution in [3.8, 4) is 22.8 Å². The van der Waals surface area contributed by atoms with E-state index >= 15 is 0 Å². The van der Waals surface area contributed by atoms with Crippen molar-refractivity contribution in [3.05, 3.63) is 54.2 Å². The van der Waals surface area contributed by atoms with Gasteiger partial charge < -0.3 is 24.6 Å². The number of nitrogens with one attached hydrogen (secondary N) is 2. The first kappa shape index (κ1) is 19.1. The second-order valence-electron chi connectivity index (χ2n) is 6.66. The number of nitrogens with zero attached hydrogens (tertiary/aromatic N) is 2. The van der Waals surface area contributed by atoms with Crippen LogP contribution in [-0.2, 0) is 4.79 Å². The van der Waals surface area contributed by atoms with E-state index in [0.29, 0.717) is 41.1 Å². The van der Waals surface area contributed by atoms with Crippen molar-refractivity contribution in [2.45, 2.75) is 0 Å². The van der Waals surface area contributed by atoms with Crippen LogP contribution in [-0.4, -0.2) is 41.7 Å². The van der Waals surface area contributed by atoms with Crippen molar-refractivity contribution < 1.29 is 23.6 Å². The number of aromatic nitrogens is 2. The standard InChI is InChI=1S/C21H16N4O5S/c26-19(11-22-20(27)14-9-15(30-25-14)12-4-2-1-3-5-12)24-21-23-13-8-16-17(10-18(13)31-21)29-7-6-28-16/h1-5,8-10H,6-7,11H2,(H,22,27)(H,23,24,26). The number of ether oxygens (including phenoxy) is 2. The van der Waals surface area contributed by atoms with Crippen molar-refractivity contribution in [2.75, 3.05) is 25.1 Å². The predicted octanol–water partition coefficient (Wildman–Crippen LogP) is 3.09. The summed E-state index contributed by atoms with van der Waals surface area (Å²) >= 11 is 1.31. The second kappa shape index (κ2) is 8.07. The minimum atomic E-state index is -0.507. The Bertz CT molecular complexity index is 1220. The third kappa shape index (κ3) is 4.05. The maximum absolute atomic E-state index is 12.3. The average Bonchev–Trinajstić information content (AvgIpc) is 3.43. The molecule has 2 aromatic carbocycles. The zero-order valence-corrected chi connectivity index (χ0v) is 16.9.